The van der Waals surface area contributed by atoms with Crippen LogP contribution in [-0.4, -0.2) is 22.9 Å². The lowest BCUT2D eigenvalue weighted by molar-refractivity contribution is -0.128. The van der Waals surface area contributed by atoms with Crippen LogP contribution in [0.1, 0.15) is 24.1 Å². The molecule has 1 fully saturated rings. The van der Waals surface area contributed by atoms with E-state index in [9.17, 15) is 13.6 Å². The molecule has 0 radical (unpaired) electrons. The minimum Gasteiger partial charge on any atom is -0.358 e. The van der Waals surface area contributed by atoms with E-state index in [0.717, 1.165) is 22.2 Å². The predicted octanol–water partition coefficient (Wildman–Crippen LogP) is 2.93. The van der Waals surface area contributed by atoms with E-state index in [0.29, 0.717) is 0 Å². The molecule has 1 aromatic carbocycles. The number of halogens is 2. The molecule has 1 aliphatic carbocycles. The third kappa shape index (κ3) is 2.40. The Kier molecular flexibility index (Phi) is 3.00. The number of aromatic nitrogens is 1. The molecule has 0 saturated heterocycles. The van der Waals surface area contributed by atoms with Crippen molar-refractivity contribution in [3.63, 3.8) is 0 Å². The van der Waals surface area contributed by atoms with Gasteiger partial charge < -0.3 is 10.3 Å². The van der Waals surface area contributed by atoms with E-state index in [1.807, 2.05) is 31.2 Å². The van der Waals surface area contributed by atoms with Gasteiger partial charge in [0.1, 0.15) is 0 Å². The summed E-state index contributed by atoms with van der Waals surface area (Å²) in [6, 6.07) is 7.38. The second kappa shape index (κ2) is 4.58. The van der Waals surface area contributed by atoms with Crippen molar-refractivity contribution in [3.8, 4) is 0 Å². The fraction of sp³-hybridized carbons (Fsp3) is 0.400. The predicted molar refractivity (Wildman–Crippen MR) is 72.9 cm³/mol. The van der Waals surface area contributed by atoms with Crippen LogP contribution >= 0.6 is 0 Å². The Morgan fingerprint density at radius 2 is 2.10 bits per heavy atom. The summed E-state index contributed by atoms with van der Waals surface area (Å²) in [6.07, 6.45) is -0.269. The van der Waals surface area contributed by atoms with Crippen molar-refractivity contribution in [1.29, 1.82) is 0 Å². The molecule has 1 aromatic heterocycles. The monoisotopic (exact) mass is 278 g/mol. The first-order chi connectivity index (χ1) is 9.44. The van der Waals surface area contributed by atoms with Gasteiger partial charge in [-0.2, -0.15) is 0 Å². The zero-order valence-electron chi connectivity index (χ0n) is 11.2. The lowest BCUT2D eigenvalue weighted by Gasteiger charge is -2.35. The molecule has 2 aromatic rings. The third-order valence-corrected chi connectivity index (χ3v) is 3.82. The first kappa shape index (κ1) is 13.1. The molecule has 2 N–H and O–H groups in total. The largest absolute Gasteiger partial charge is 0.358 e. The zero-order valence-corrected chi connectivity index (χ0v) is 11.2. The van der Waals surface area contributed by atoms with Crippen LogP contribution in [0.2, 0.25) is 0 Å². The average Bonchev–Trinajstić information content (AvgIpc) is 2.64. The molecule has 0 aliphatic heterocycles. The summed E-state index contributed by atoms with van der Waals surface area (Å²) in [6.45, 7) is 1.92. The topological polar surface area (TPSA) is 44.9 Å². The Bertz CT molecular complexity index is 655. The number of hydrogen-bond donors (Lipinski definition) is 2. The maximum absolute atomic E-state index is 12.7. The molecule has 3 nitrogen and oxygen atoms in total. The van der Waals surface area contributed by atoms with Crippen molar-refractivity contribution in [2.45, 2.75) is 38.2 Å². The van der Waals surface area contributed by atoms with Gasteiger partial charge in [-0.3, -0.25) is 4.79 Å². The van der Waals surface area contributed by atoms with E-state index in [1.54, 1.807) is 0 Å². The Morgan fingerprint density at radius 1 is 1.40 bits per heavy atom. The van der Waals surface area contributed by atoms with Crippen LogP contribution in [0.3, 0.4) is 0 Å². The molecule has 1 amide bonds. The third-order valence-electron chi connectivity index (χ3n) is 3.82. The maximum Gasteiger partial charge on any atom is 0.252 e. The SMILES string of the molecule is Cc1[nH]c2ccccc2c1CC(=O)NC1CC(F)(F)C1. The first-order valence-electron chi connectivity index (χ1n) is 6.68. The molecular weight excluding hydrogens is 262 g/mol. The summed E-state index contributed by atoms with van der Waals surface area (Å²) in [5, 5.41) is 3.68. The van der Waals surface area contributed by atoms with Gasteiger partial charge in [0.15, 0.2) is 0 Å². The van der Waals surface area contributed by atoms with E-state index in [4.69, 9.17) is 0 Å². The van der Waals surface area contributed by atoms with E-state index in [-0.39, 0.29) is 31.2 Å². The second-order valence-corrected chi connectivity index (χ2v) is 5.48. The van der Waals surface area contributed by atoms with Gasteiger partial charge in [0, 0.05) is 35.5 Å². The molecule has 106 valence electrons. The molecular formula is C15H16F2N2O. The number of alkyl halides is 2. The second-order valence-electron chi connectivity index (χ2n) is 5.48. The van der Waals surface area contributed by atoms with Gasteiger partial charge in [0.25, 0.3) is 5.92 Å². The number of para-hydroxylation sites is 1. The smallest absolute Gasteiger partial charge is 0.252 e. The minimum absolute atomic E-state index is 0.196. The normalized spacial score (nSPS) is 17.9. The summed E-state index contributed by atoms with van der Waals surface area (Å²) in [5.41, 5.74) is 2.87. The van der Waals surface area contributed by atoms with Crippen molar-refractivity contribution >= 4 is 16.8 Å². The van der Waals surface area contributed by atoms with E-state index < -0.39 is 5.92 Å². The van der Waals surface area contributed by atoms with Gasteiger partial charge in [0.05, 0.1) is 6.42 Å². The number of H-pyrrole nitrogens is 1. The number of carbonyl (C=O) groups excluding carboxylic acids is 1. The summed E-state index contributed by atoms with van der Waals surface area (Å²) in [7, 11) is 0. The molecule has 1 saturated carbocycles. The summed E-state index contributed by atoms with van der Waals surface area (Å²) >= 11 is 0. The van der Waals surface area contributed by atoms with Crippen molar-refractivity contribution < 1.29 is 13.6 Å². The van der Waals surface area contributed by atoms with E-state index in [1.165, 1.54) is 0 Å². The lowest BCUT2D eigenvalue weighted by atomic mass is 9.88. The first-order valence-corrected chi connectivity index (χ1v) is 6.68. The van der Waals surface area contributed by atoms with Crippen LogP contribution in [0.25, 0.3) is 10.9 Å². The number of carbonyl (C=O) groups is 1. The van der Waals surface area contributed by atoms with Gasteiger partial charge in [-0.1, -0.05) is 18.2 Å². The molecule has 0 unspecified atom stereocenters. The molecule has 3 rings (SSSR count). The molecule has 0 spiro atoms. The lowest BCUT2D eigenvalue weighted by Crippen LogP contribution is -2.50. The number of aromatic amines is 1. The molecule has 0 atom stereocenters. The number of rotatable bonds is 3. The number of amides is 1. The highest BCUT2D eigenvalue weighted by Crippen LogP contribution is 2.37. The number of nitrogens with one attached hydrogen (secondary N) is 2. The number of benzene rings is 1. The Balaban J connectivity index is 1.70. The summed E-state index contributed by atoms with van der Waals surface area (Å²) in [5.74, 6) is -2.80. The van der Waals surface area contributed by atoms with Crippen LogP contribution in [-0.2, 0) is 11.2 Å². The number of fused-ring (bicyclic) bond motifs is 1. The number of hydrogen-bond acceptors (Lipinski definition) is 1. The average molecular weight is 278 g/mol. The van der Waals surface area contributed by atoms with Gasteiger partial charge >= 0.3 is 0 Å². The highest BCUT2D eigenvalue weighted by molar-refractivity contribution is 5.90. The Morgan fingerprint density at radius 3 is 2.80 bits per heavy atom. The number of aryl methyl sites for hydroxylation is 1. The Labute approximate surface area is 115 Å². The van der Waals surface area contributed by atoms with Gasteiger partial charge in [-0.15, -0.1) is 0 Å². The summed E-state index contributed by atoms with van der Waals surface area (Å²) in [4.78, 5) is 15.2. The molecule has 5 heteroatoms. The van der Waals surface area contributed by atoms with E-state index >= 15 is 0 Å². The maximum atomic E-state index is 12.7. The fourth-order valence-electron chi connectivity index (χ4n) is 2.77. The standard InChI is InChI=1S/C15H16F2N2O/c1-9-12(11-4-2-3-5-13(11)18-9)6-14(20)19-10-7-15(16,17)8-10/h2-5,10,18H,6-8H2,1H3,(H,19,20). The van der Waals surface area contributed by atoms with Crippen LogP contribution in [0.4, 0.5) is 8.78 Å². The van der Waals surface area contributed by atoms with Crippen LogP contribution < -0.4 is 5.32 Å². The van der Waals surface area contributed by atoms with Gasteiger partial charge in [-0.05, 0) is 18.6 Å². The van der Waals surface area contributed by atoms with Crippen LogP contribution in [0.5, 0.6) is 0 Å². The molecule has 1 heterocycles. The molecule has 20 heavy (non-hydrogen) atoms. The van der Waals surface area contributed by atoms with Crippen molar-refractivity contribution in [2.24, 2.45) is 0 Å². The molecule has 0 bridgehead atoms. The molecule has 1 aliphatic rings. The van der Waals surface area contributed by atoms with Crippen LogP contribution in [0, 0.1) is 6.92 Å². The van der Waals surface area contributed by atoms with Crippen LogP contribution in [0.15, 0.2) is 24.3 Å². The fourth-order valence-corrected chi connectivity index (χ4v) is 2.77. The highest BCUT2D eigenvalue weighted by atomic mass is 19.3. The van der Waals surface area contributed by atoms with Crippen molar-refractivity contribution in [1.82, 2.24) is 10.3 Å². The quantitative estimate of drug-likeness (QED) is 0.891. The van der Waals surface area contributed by atoms with Gasteiger partial charge in [-0.25, -0.2) is 8.78 Å². The van der Waals surface area contributed by atoms with Gasteiger partial charge in [0.2, 0.25) is 5.91 Å². The minimum atomic E-state index is -2.60. The van der Waals surface area contributed by atoms with Crippen molar-refractivity contribution in [2.75, 3.05) is 0 Å². The highest BCUT2D eigenvalue weighted by Gasteiger charge is 2.45. The van der Waals surface area contributed by atoms with Crippen molar-refractivity contribution in [3.05, 3.63) is 35.5 Å². The Hall–Kier alpha value is -1.91. The van der Waals surface area contributed by atoms with E-state index in [2.05, 4.69) is 10.3 Å². The zero-order chi connectivity index (χ0) is 14.3. The summed E-state index contributed by atoms with van der Waals surface area (Å²) < 4.78 is 25.5.